The first-order chi connectivity index (χ1) is 10.5. The molecular formula is C17H23ClO4. The summed E-state index contributed by atoms with van der Waals surface area (Å²) < 4.78 is 16.5. The van der Waals surface area contributed by atoms with Gasteiger partial charge in [0.1, 0.15) is 11.5 Å². The fourth-order valence-electron chi connectivity index (χ4n) is 2.40. The lowest BCUT2D eigenvalue weighted by molar-refractivity contribution is 0.0945. The van der Waals surface area contributed by atoms with Gasteiger partial charge in [-0.05, 0) is 12.0 Å². The van der Waals surface area contributed by atoms with Crippen molar-refractivity contribution in [3.05, 3.63) is 22.7 Å². The number of carbonyl (C=O) groups excluding carboxylic acids is 1. The van der Waals surface area contributed by atoms with Crippen LogP contribution in [0.1, 0.15) is 37.0 Å². The van der Waals surface area contributed by atoms with Crippen molar-refractivity contribution in [2.45, 2.75) is 26.7 Å². The van der Waals surface area contributed by atoms with E-state index < -0.39 is 0 Å². The highest BCUT2D eigenvalue weighted by Gasteiger charge is 2.27. The lowest BCUT2D eigenvalue weighted by atomic mass is 9.90. The number of Topliss-reactive ketones (excluding diaryl/α,β-unsaturated/α-hetero) is 1. The Morgan fingerprint density at radius 1 is 1.36 bits per heavy atom. The van der Waals surface area contributed by atoms with Crippen LogP contribution in [0.25, 0.3) is 0 Å². The summed E-state index contributed by atoms with van der Waals surface area (Å²) in [5.74, 6) is 1.83. The van der Waals surface area contributed by atoms with Crippen LogP contribution in [0.3, 0.4) is 0 Å². The first-order valence-corrected chi connectivity index (χ1v) is 8.02. The summed E-state index contributed by atoms with van der Waals surface area (Å²) in [5, 5.41) is 0.441. The zero-order chi connectivity index (χ0) is 16.1. The van der Waals surface area contributed by atoms with Crippen LogP contribution in [-0.2, 0) is 4.74 Å². The van der Waals surface area contributed by atoms with Crippen LogP contribution in [0, 0.1) is 11.8 Å². The van der Waals surface area contributed by atoms with Crippen LogP contribution in [0.4, 0.5) is 0 Å². The van der Waals surface area contributed by atoms with Crippen LogP contribution < -0.4 is 9.47 Å². The summed E-state index contributed by atoms with van der Waals surface area (Å²) in [6.07, 6.45) is 1.27. The van der Waals surface area contributed by atoms with Gasteiger partial charge in [-0.15, -0.1) is 0 Å². The lowest BCUT2D eigenvalue weighted by Crippen LogP contribution is -2.18. The predicted molar refractivity (Wildman–Crippen MR) is 86.2 cm³/mol. The zero-order valence-corrected chi connectivity index (χ0v) is 14.1. The highest BCUT2D eigenvalue weighted by molar-refractivity contribution is 6.32. The van der Waals surface area contributed by atoms with Crippen molar-refractivity contribution in [2.24, 2.45) is 11.8 Å². The molecule has 2 rings (SSSR count). The maximum atomic E-state index is 12.4. The third kappa shape index (κ3) is 4.14. The normalized spacial score (nSPS) is 17.9. The van der Waals surface area contributed by atoms with E-state index in [4.69, 9.17) is 25.8 Å². The van der Waals surface area contributed by atoms with Gasteiger partial charge in [-0.2, -0.15) is 0 Å². The van der Waals surface area contributed by atoms with Gasteiger partial charge in [-0.3, -0.25) is 4.79 Å². The molecule has 1 heterocycles. The second kappa shape index (κ2) is 7.84. The largest absolute Gasteiger partial charge is 0.492 e. The molecular weight excluding hydrogens is 304 g/mol. The first-order valence-electron chi connectivity index (χ1n) is 7.64. The Labute approximate surface area is 136 Å². The monoisotopic (exact) mass is 326 g/mol. The second-order valence-corrected chi connectivity index (χ2v) is 6.32. The van der Waals surface area contributed by atoms with Crippen molar-refractivity contribution in [3.8, 4) is 11.5 Å². The molecule has 0 saturated carbocycles. The van der Waals surface area contributed by atoms with Crippen LogP contribution in [0.5, 0.6) is 11.5 Å². The van der Waals surface area contributed by atoms with E-state index in [1.165, 1.54) is 0 Å². The Hall–Kier alpha value is -1.26. The van der Waals surface area contributed by atoms with Crippen molar-refractivity contribution < 1.29 is 19.0 Å². The van der Waals surface area contributed by atoms with Gasteiger partial charge in [0, 0.05) is 38.5 Å². The van der Waals surface area contributed by atoms with Crippen molar-refractivity contribution in [1.29, 1.82) is 0 Å². The zero-order valence-electron chi connectivity index (χ0n) is 13.4. The van der Waals surface area contributed by atoms with E-state index in [1.807, 2.05) is 0 Å². The average molecular weight is 327 g/mol. The Morgan fingerprint density at radius 2 is 2.14 bits per heavy atom. The molecule has 1 aliphatic rings. The maximum Gasteiger partial charge on any atom is 0.167 e. The minimum absolute atomic E-state index is 0.0824. The third-order valence-corrected chi connectivity index (χ3v) is 4.22. The van der Waals surface area contributed by atoms with E-state index in [9.17, 15) is 4.79 Å². The number of benzene rings is 1. The van der Waals surface area contributed by atoms with E-state index in [0.717, 1.165) is 6.42 Å². The van der Waals surface area contributed by atoms with E-state index in [-0.39, 0.29) is 11.7 Å². The number of ketones is 1. The number of hydrogen-bond acceptors (Lipinski definition) is 4. The van der Waals surface area contributed by atoms with E-state index >= 15 is 0 Å². The van der Waals surface area contributed by atoms with E-state index in [0.29, 0.717) is 54.2 Å². The molecule has 122 valence electrons. The number of halogens is 1. The number of rotatable bonds is 6. The summed E-state index contributed by atoms with van der Waals surface area (Å²) in [6.45, 7) is 5.90. The Morgan fingerprint density at radius 3 is 2.82 bits per heavy atom. The van der Waals surface area contributed by atoms with Crippen LogP contribution in [0.2, 0.25) is 5.02 Å². The summed E-state index contributed by atoms with van der Waals surface area (Å²) in [6, 6.07) is 3.39. The van der Waals surface area contributed by atoms with Gasteiger partial charge < -0.3 is 14.2 Å². The molecule has 0 fully saturated rings. The minimum atomic E-state index is 0.0824. The molecule has 0 unspecified atom stereocenters. The van der Waals surface area contributed by atoms with Gasteiger partial charge in [0.15, 0.2) is 5.78 Å². The van der Waals surface area contributed by atoms with Crippen LogP contribution >= 0.6 is 11.6 Å². The molecule has 4 nitrogen and oxygen atoms in total. The molecule has 0 radical (unpaired) electrons. The quantitative estimate of drug-likeness (QED) is 0.741. The topological polar surface area (TPSA) is 44.8 Å². The molecule has 0 saturated heterocycles. The van der Waals surface area contributed by atoms with Crippen LogP contribution in [0.15, 0.2) is 12.1 Å². The standard InChI is InChI=1S/C17H23ClO4/c1-11(2)12-7-15(19)13-8-14(18)17(9-16(13)22-10-12)21-6-4-5-20-3/h8-9,11-12H,4-7,10H2,1-3H3/t12-/m0/s1. The van der Waals surface area contributed by atoms with Gasteiger partial charge in [-0.1, -0.05) is 25.4 Å². The molecule has 22 heavy (non-hydrogen) atoms. The van der Waals surface area contributed by atoms with Gasteiger partial charge in [0.25, 0.3) is 0 Å². The molecule has 0 aliphatic carbocycles. The fraction of sp³-hybridized carbons (Fsp3) is 0.588. The molecule has 1 aromatic rings. The SMILES string of the molecule is COCCCOc1cc2c(cc1Cl)C(=O)C[C@H](C(C)C)CO2. The van der Waals surface area contributed by atoms with E-state index in [1.54, 1.807) is 19.2 Å². The number of fused-ring (bicyclic) bond motifs is 1. The number of ether oxygens (including phenoxy) is 3. The molecule has 0 spiro atoms. The van der Waals surface area contributed by atoms with Gasteiger partial charge in [0.05, 0.1) is 23.8 Å². The number of methoxy groups -OCH3 is 1. The van der Waals surface area contributed by atoms with Gasteiger partial charge >= 0.3 is 0 Å². The first kappa shape index (κ1) is 17.1. The lowest BCUT2D eigenvalue weighted by Gasteiger charge is -2.17. The highest BCUT2D eigenvalue weighted by atomic mass is 35.5. The number of carbonyl (C=O) groups is 1. The summed E-state index contributed by atoms with van der Waals surface area (Å²) in [5.41, 5.74) is 0.553. The molecule has 0 bridgehead atoms. The maximum absolute atomic E-state index is 12.4. The van der Waals surface area contributed by atoms with Crippen molar-refractivity contribution in [1.82, 2.24) is 0 Å². The van der Waals surface area contributed by atoms with Gasteiger partial charge in [-0.25, -0.2) is 0 Å². The molecule has 1 aliphatic heterocycles. The Kier molecular flexibility index (Phi) is 6.09. The molecule has 5 heteroatoms. The fourth-order valence-corrected chi connectivity index (χ4v) is 2.62. The molecule has 0 amide bonds. The van der Waals surface area contributed by atoms with E-state index in [2.05, 4.69) is 13.8 Å². The second-order valence-electron chi connectivity index (χ2n) is 5.92. The molecule has 1 aromatic carbocycles. The van der Waals surface area contributed by atoms with Gasteiger partial charge in [0.2, 0.25) is 0 Å². The van der Waals surface area contributed by atoms with Crippen molar-refractivity contribution >= 4 is 17.4 Å². The van der Waals surface area contributed by atoms with Crippen molar-refractivity contribution in [2.75, 3.05) is 26.9 Å². The highest BCUT2D eigenvalue weighted by Crippen LogP contribution is 2.36. The summed E-state index contributed by atoms with van der Waals surface area (Å²) in [4.78, 5) is 12.4. The Balaban J connectivity index is 2.15. The average Bonchev–Trinajstić information content (AvgIpc) is 2.64. The molecule has 0 aromatic heterocycles. The Bertz CT molecular complexity index is 528. The summed E-state index contributed by atoms with van der Waals surface area (Å²) in [7, 11) is 1.65. The number of hydrogen-bond donors (Lipinski definition) is 0. The smallest absolute Gasteiger partial charge is 0.167 e. The minimum Gasteiger partial charge on any atom is -0.492 e. The molecule has 1 atom stereocenters. The summed E-state index contributed by atoms with van der Waals surface area (Å²) >= 11 is 6.23. The predicted octanol–water partition coefficient (Wildman–Crippen LogP) is 3.99. The van der Waals surface area contributed by atoms with Crippen LogP contribution in [-0.4, -0.2) is 32.7 Å². The van der Waals surface area contributed by atoms with Crippen molar-refractivity contribution in [3.63, 3.8) is 0 Å². The molecule has 0 N–H and O–H groups in total. The third-order valence-electron chi connectivity index (χ3n) is 3.93.